The summed E-state index contributed by atoms with van der Waals surface area (Å²) in [7, 11) is 0. The van der Waals surface area contributed by atoms with E-state index < -0.39 is 10.7 Å². The second kappa shape index (κ2) is 8.35. The van der Waals surface area contributed by atoms with Crippen molar-refractivity contribution in [2.45, 2.75) is 4.84 Å². The minimum absolute atomic E-state index is 0.0672. The molecule has 0 spiro atoms. The molecule has 0 saturated carbocycles. The highest BCUT2D eigenvalue weighted by atomic mass is 35.5. The number of hydrogen-bond donors (Lipinski definition) is 0. The molecule has 132 valence electrons. The van der Waals surface area contributed by atoms with Crippen LogP contribution in [0.2, 0.25) is 0 Å². The average Bonchev–Trinajstić information content (AvgIpc) is 2.66. The molecule has 0 radical (unpaired) electrons. The van der Waals surface area contributed by atoms with E-state index in [1.165, 1.54) is 4.90 Å². The van der Waals surface area contributed by atoms with Crippen LogP contribution in [-0.4, -0.2) is 34.5 Å². The molecule has 1 fully saturated rings. The molecule has 1 aliphatic rings. The quantitative estimate of drug-likeness (QED) is 0.580. The zero-order valence-electron chi connectivity index (χ0n) is 13.9. The number of carbonyl (C=O) groups is 2. The number of nitrogens with zero attached hydrogens (tertiary/aromatic N) is 1. The second-order valence-electron chi connectivity index (χ2n) is 5.98. The lowest BCUT2D eigenvalue weighted by atomic mass is 9.94. The van der Waals surface area contributed by atoms with Crippen LogP contribution in [0.25, 0.3) is 12.2 Å². The number of Topliss-reactive ketones (excluding diaryl/α,β-unsaturated/α-hetero) is 1. The Morgan fingerprint density at radius 3 is 1.65 bits per heavy atom. The summed E-state index contributed by atoms with van der Waals surface area (Å²) in [5.74, 6) is -0.471. The Hall–Kier alpha value is -2.36. The highest BCUT2D eigenvalue weighted by Crippen LogP contribution is 2.23. The van der Waals surface area contributed by atoms with Gasteiger partial charge >= 0.3 is 0 Å². The number of hydrogen-bond acceptors (Lipinski definition) is 2. The van der Waals surface area contributed by atoms with Crippen molar-refractivity contribution in [1.29, 1.82) is 0 Å². The van der Waals surface area contributed by atoms with Gasteiger partial charge in [0.25, 0.3) is 5.91 Å². The molecule has 0 aromatic heterocycles. The molecule has 1 aliphatic heterocycles. The van der Waals surface area contributed by atoms with Crippen LogP contribution in [0, 0.1) is 0 Å². The standard InChI is InChI=1S/C21H17Cl2NO2/c22-20(23)21(26)24-13-17(11-15-7-3-1-4-8-15)19(25)18(14-24)12-16-9-5-2-6-10-16/h1-12,20H,13-14H2/b17-11+,18-12+. The Balaban J connectivity index is 1.99. The van der Waals surface area contributed by atoms with Gasteiger partial charge < -0.3 is 4.90 Å². The van der Waals surface area contributed by atoms with Crippen molar-refractivity contribution in [2.24, 2.45) is 0 Å². The van der Waals surface area contributed by atoms with Crippen molar-refractivity contribution in [3.8, 4) is 0 Å². The predicted octanol–water partition coefficient (Wildman–Crippen LogP) is 4.37. The molecule has 2 aromatic rings. The molecule has 3 rings (SSSR count). The Morgan fingerprint density at radius 1 is 0.846 bits per heavy atom. The number of rotatable bonds is 3. The van der Waals surface area contributed by atoms with E-state index in [1.807, 2.05) is 60.7 Å². The number of piperidine rings is 1. The largest absolute Gasteiger partial charge is 0.331 e. The van der Waals surface area contributed by atoms with Crippen molar-refractivity contribution in [3.05, 3.63) is 82.9 Å². The summed E-state index contributed by atoms with van der Waals surface area (Å²) in [4.78, 5) is 25.6. The van der Waals surface area contributed by atoms with Crippen LogP contribution in [0.4, 0.5) is 0 Å². The smallest absolute Gasteiger partial charge is 0.256 e. The number of likely N-dealkylation sites (tertiary alicyclic amines) is 1. The van der Waals surface area contributed by atoms with Crippen molar-refractivity contribution in [1.82, 2.24) is 4.90 Å². The molecule has 1 amide bonds. The van der Waals surface area contributed by atoms with Gasteiger partial charge in [-0.1, -0.05) is 83.9 Å². The van der Waals surface area contributed by atoms with Crippen LogP contribution in [0.15, 0.2) is 71.8 Å². The summed E-state index contributed by atoms with van der Waals surface area (Å²) in [6.45, 7) is 0.378. The van der Waals surface area contributed by atoms with E-state index in [2.05, 4.69) is 0 Å². The number of halogens is 2. The maximum atomic E-state index is 12.9. The van der Waals surface area contributed by atoms with Gasteiger partial charge in [-0.05, 0) is 23.3 Å². The summed E-state index contributed by atoms with van der Waals surface area (Å²) >= 11 is 11.5. The highest BCUT2D eigenvalue weighted by Gasteiger charge is 2.31. The SMILES string of the molecule is O=C1/C(=C/c2ccccc2)CN(C(=O)C(Cl)Cl)C/C1=C\c1ccccc1. The zero-order chi connectivity index (χ0) is 18.5. The van der Waals surface area contributed by atoms with E-state index in [1.54, 1.807) is 12.2 Å². The molecule has 26 heavy (non-hydrogen) atoms. The summed E-state index contributed by atoms with van der Waals surface area (Å²) in [6.07, 6.45) is 3.61. The van der Waals surface area contributed by atoms with E-state index in [4.69, 9.17) is 23.2 Å². The maximum absolute atomic E-state index is 12.9. The monoisotopic (exact) mass is 385 g/mol. The Morgan fingerprint density at radius 2 is 1.27 bits per heavy atom. The van der Waals surface area contributed by atoms with E-state index >= 15 is 0 Å². The van der Waals surface area contributed by atoms with Crippen LogP contribution < -0.4 is 0 Å². The molecular formula is C21H17Cl2NO2. The predicted molar refractivity (Wildman–Crippen MR) is 106 cm³/mol. The second-order valence-corrected chi connectivity index (χ2v) is 7.08. The first-order chi connectivity index (χ1) is 12.5. The van der Waals surface area contributed by atoms with Crippen molar-refractivity contribution >= 4 is 47.0 Å². The molecule has 0 atom stereocenters. The van der Waals surface area contributed by atoms with Gasteiger partial charge in [0.2, 0.25) is 0 Å². The number of ketones is 1. The lowest BCUT2D eigenvalue weighted by Gasteiger charge is -2.30. The van der Waals surface area contributed by atoms with Crippen LogP contribution in [0.3, 0.4) is 0 Å². The lowest BCUT2D eigenvalue weighted by Crippen LogP contribution is -2.43. The number of amides is 1. The summed E-state index contributed by atoms with van der Waals surface area (Å²) in [5, 5.41) is 0. The van der Waals surface area contributed by atoms with Crippen LogP contribution >= 0.6 is 23.2 Å². The Bertz CT molecular complexity index is 797. The molecule has 1 heterocycles. The van der Waals surface area contributed by atoms with Crippen LogP contribution in [0.1, 0.15) is 11.1 Å². The van der Waals surface area contributed by atoms with Crippen molar-refractivity contribution in [2.75, 3.05) is 13.1 Å². The first kappa shape index (κ1) is 18.4. The van der Waals surface area contributed by atoms with Gasteiger partial charge in [-0.25, -0.2) is 0 Å². The van der Waals surface area contributed by atoms with Gasteiger partial charge in [-0.3, -0.25) is 9.59 Å². The van der Waals surface area contributed by atoms with E-state index in [9.17, 15) is 9.59 Å². The fourth-order valence-electron chi connectivity index (χ4n) is 2.83. The van der Waals surface area contributed by atoms with Gasteiger partial charge in [-0.2, -0.15) is 0 Å². The minimum atomic E-state index is -1.15. The third-order valence-electron chi connectivity index (χ3n) is 4.09. The molecule has 0 aliphatic carbocycles. The number of alkyl halides is 2. The Labute approximate surface area is 162 Å². The van der Waals surface area contributed by atoms with Gasteiger partial charge in [-0.15, -0.1) is 0 Å². The fraction of sp³-hybridized carbons (Fsp3) is 0.143. The molecular weight excluding hydrogens is 369 g/mol. The normalized spacial score (nSPS) is 18.0. The van der Waals surface area contributed by atoms with E-state index in [0.29, 0.717) is 11.1 Å². The molecule has 0 N–H and O–H groups in total. The summed E-state index contributed by atoms with van der Waals surface area (Å²) in [6, 6.07) is 19.1. The molecule has 1 saturated heterocycles. The first-order valence-electron chi connectivity index (χ1n) is 8.17. The molecule has 5 heteroatoms. The van der Waals surface area contributed by atoms with Gasteiger partial charge in [0.15, 0.2) is 10.6 Å². The summed E-state index contributed by atoms with van der Waals surface area (Å²) in [5.41, 5.74) is 2.87. The van der Waals surface area contributed by atoms with E-state index in [-0.39, 0.29) is 18.9 Å². The topological polar surface area (TPSA) is 37.4 Å². The molecule has 0 unspecified atom stereocenters. The minimum Gasteiger partial charge on any atom is -0.331 e. The zero-order valence-corrected chi connectivity index (χ0v) is 15.5. The van der Waals surface area contributed by atoms with Crippen molar-refractivity contribution < 1.29 is 9.59 Å². The Kier molecular flexibility index (Phi) is 5.92. The summed E-state index contributed by atoms with van der Waals surface area (Å²) < 4.78 is 0. The molecule has 0 bridgehead atoms. The highest BCUT2D eigenvalue weighted by molar-refractivity contribution is 6.53. The van der Waals surface area contributed by atoms with Gasteiger partial charge in [0.05, 0.1) is 0 Å². The first-order valence-corrected chi connectivity index (χ1v) is 9.05. The third kappa shape index (κ3) is 4.43. The van der Waals surface area contributed by atoms with Crippen molar-refractivity contribution in [3.63, 3.8) is 0 Å². The number of benzene rings is 2. The van der Waals surface area contributed by atoms with Gasteiger partial charge in [0, 0.05) is 24.2 Å². The van der Waals surface area contributed by atoms with Gasteiger partial charge in [0.1, 0.15) is 0 Å². The molecule has 3 nitrogen and oxygen atoms in total. The van der Waals surface area contributed by atoms with Crippen LogP contribution in [0.5, 0.6) is 0 Å². The maximum Gasteiger partial charge on any atom is 0.256 e. The average molecular weight is 386 g/mol. The third-order valence-corrected chi connectivity index (χ3v) is 4.46. The van der Waals surface area contributed by atoms with Crippen LogP contribution in [-0.2, 0) is 9.59 Å². The van der Waals surface area contributed by atoms with E-state index in [0.717, 1.165) is 11.1 Å². The molecule has 2 aromatic carbocycles. The number of carbonyl (C=O) groups excluding carboxylic acids is 2. The lowest BCUT2D eigenvalue weighted by molar-refractivity contribution is -0.129. The fourth-order valence-corrected chi connectivity index (χ4v) is 3.11.